The fourth-order valence-electron chi connectivity index (χ4n) is 3.04. The minimum absolute atomic E-state index is 0.0999. The molecule has 0 spiro atoms. The van der Waals surface area contributed by atoms with E-state index in [9.17, 15) is 4.79 Å². The molecule has 11 heteroatoms. The smallest absolute Gasteiger partial charge is 0.235 e. The maximum Gasteiger partial charge on any atom is 0.235 e. The van der Waals surface area contributed by atoms with E-state index in [0.29, 0.717) is 33.1 Å². The molecule has 0 radical (unpaired) electrons. The number of aryl methyl sites for hydroxylation is 1. The van der Waals surface area contributed by atoms with Gasteiger partial charge in [0.25, 0.3) is 0 Å². The van der Waals surface area contributed by atoms with Gasteiger partial charge in [0.15, 0.2) is 5.82 Å². The molecule has 0 bridgehead atoms. The van der Waals surface area contributed by atoms with E-state index in [2.05, 4.69) is 20.6 Å². The molecule has 4 rings (SSSR count). The van der Waals surface area contributed by atoms with Crippen LogP contribution in [0.2, 0.25) is 5.02 Å². The number of halogens is 1. The summed E-state index contributed by atoms with van der Waals surface area (Å²) in [6.07, 6.45) is 0. The first-order valence-electron chi connectivity index (χ1n) is 9.52. The highest BCUT2D eigenvalue weighted by Gasteiger charge is 2.17. The molecule has 2 aromatic carbocycles. The zero-order valence-electron chi connectivity index (χ0n) is 17.3. The van der Waals surface area contributed by atoms with Crippen LogP contribution in [-0.4, -0.2) is 43.4 Å². The van der Waals surface area contributed by atoms with Crippen molar-refractivity contribution in [1.82, 2.24) is 24.7 Å². The lowest BCUT2D eigenvalue weighted by Gasteiger charge is -2.08. The molecule has 0 aliphatic carbocycles. The number of nitrogen functional groups attached to an aromatic ring is 1. The third kappa shape index (κ3) is 4.56. The topological polar surface area (TPSA) is 113 Å². The van der Waals surface area contributed by atoms with Gasteiger partial charge in [-0.05, 0) is 24.3 Å². The van der Waals surface area contributed by atoms with Gasteiger partial charge in [-0.1, -0.05) is 47.6 Å². The van der Waals surface area contributed by atoms with Crippen LogP contribution in [0, 0.1) is 0 Å². The normalized spacial score (nSPS) is 10.8. The highest BCUT2D eigenvalue weighted by atomic mass is 35.5. The Hall–Kier alpha value is -3.50. The molecule has 2 aromatic heterocycles. The fourth-order valence-corrected chi connectivity index (χ4v) is 3.83. The molecule has 4 aromatic rings. The molecule has 3 N–H and O–H groups in total. The fraction of sp³-hybridized carbons (Fsp3) is 0.143. The lowest BCUT2D eigenvalue weighted by molar-refractivity contribution is -0.113. The number of carbonyl (C=O) groups is 1. The Bertz CT molecular complexity index is 1250. The molecule has 0 aliphatic rings. The van der Waals surface area contributed by atoms with E-state index in [-0.39, 0.29) is 11.7 Å². The molecular formula is C21H20ClN7O2S. The Morgan fingerprint density at radius 2 is 1.94 bits per heavy atom. The van der Waals surface area contributed by atoms with Crippen molar-refractivity contribution < 1.29 is 9.53 Å². The zero-order chi connectivity index (χ0) is 22.7. The monoisotopic (exact) mass is 469 g/mol. The average molecular weight is 470 g/mol. The van der Waals surface area contributed by atoms with Crippen molar-refractivity contribution in [3.05, 3.63) is 59.6 Å². The Kier molecular flexibility index (Phi) is 6.33. The van der Waals surface area contributed by atoms with Gasteiger partial charge in [-0.2, -0.15) is 5.10 Å². The molecule has 2 heterocycles. The van der Waals surface area contributed by atoms with Crippen molar-refractivity contribution >= 4 is 35.1 Å². The Labute approximate surface area is 193 Å². The first-order chi connectivity index (χ1) is 15.5. The molecule has 1 amide bonds. The molecule has 0 saturated carbocycles. The van der Waals surface area contributed by atoms with Crippen LogP contribution in [0.4, 0.5) is 5.82 Å². The second kappa shape index (κ2) is 9.33. The number of nitrogens with zero attached hydrogens (tertiary/aromatic N) is 5. The summed E-state index contributed by atoms with van der Waals surface area (Å²) in [6, 6.07) is 16.5. The van der Waals surface area contributed by atoms with Crippen LogP contribution < -0.4 is 15.9 Å². The van der Waals surface area contributed by atoms with Crippen LogP contribution in [0.3, 0.4) is 0 Å². The number of ether oxygens (including phenoxy) is 1. The maximum atomic E-state index is 12.5. The second-order valence-electron chi connectivity index (χ2n) is 6.76. The summed E-state index contributed by atoms with van der Waals surface area (Å²) in [5.74, 6) is 7.70. The molecule has 0 fully saturated rings. The lowest BCUT2D eigenvalue weighted by atomic mass is 10.1. The van der Waals surface area contributed by atoms with Crippen molar-refractivity contribution in [2.24, 2.45) is 7.05 Å². The van der Waals surface area contributed by atoms with Crippen LogP contribution in [0.25, 0.3) is 22.6 Å². The number of thioether (sulfide) groups is 1. The summed E-state index contributed by atoms with van der Waals surface area (Å²) in [5, 5.41) is 16.6. The number of amides is 1. The first-order valence-corrected chi connectivity index (χ1v) is 10.9. The van der Waals surface area contributed by atoms with Crippen LogP contribution in [-0.2, 0) is 11.8 Å². The van der Waals surface area contributed by atoms with Gasteiger partial charge in [0.05, 0.1) is 24.1 Å². The number of anilines is 1. The summed E-state index contributed by atoms with van der Waals surface area (Å²) in [4.78, 5) is 12.5. The van der Waals surface area contributed by atoms with E-state index >= 15 is 0 Å². The van der Waals surface area contributed by atoms with Gasteiger partial charge >= 0.3 is 0 Å². The number of carbonyl (C=O) groups excluding carboxylic acids is 1. The quantitative estimate of drug-likeness (QED) is 0.315. The summed E-state index contributed by atoms with van der Waals surface area (Å²) < 4.78 is 8.31. The number of hydrogen-bond acceptors (Lipinski definition) is 7. The van der Waals surface area contributed by atoms with Crippen molar-refractivity contribution in [1.29, 1.82) is 0 Å². The number of nitrogens with two attached hydrogens (primary N) is 1. The number of hydrogen-bond donors (Lipinski definition) is 2. The molecule has 164 valence electrons. The molecule has 9 nitrogen and oxygen atoms in total. The minimum Gasteiger partial charge on any atom is -0.496 e. The number of rotatable bonds is 7. The van der Waals surface area contributed by atoms with Gasteiger partial charge in [0.1, 0.15) is 11.6 Å². The minimum atomic E-state index is -0.220. The predicted molar refractivity (Wildman–Crippen MR) is 125 cm³/mol. The number of methoxy groups -OCH3 is 1. The van der Waals surface area contributed by atoms with E-state index in [1.807, 2.05) is 36.4 Å². The Balaban J connectivity index is 1.42. The van der Waals surface area contributed by atoms with Gasteiger partial charge < -0.3 is 15.9 Å². The second-order valence-corrected chi connectivity index (χ2v) is 8.14. The van der Waals surface area contributed by atoms with E-state index < -0.39 is 0 Å². The van der Waals surface area contributed by atoms with E-state index in [4.69, 9.17) is 22.2 Å². The Morgan fingerprint density at radius 1 is 1.19 bits per heavy atom. The van der Waals surface area contributed by atoms with E-state index in [0.717, 1.165) is 11.3 Å². The highest BCUT2D eigenvalue weighted by Crippen LogP contribution is 2.29. The standard InChI is InChI=1S/C21H20ClN7O2S/c1-28-18(11-16(27-28)13-7-9-14(22)10-8-13)24-19(30)12-32-21-26-25-20(29(21)23)15-5-3-4-6-17(15)31-2/h3-11H,12,23H2,1-2H3,(H,24,30). The van der Waals surface area contributed by atoms with E-state index in [1.165, 1.54) is 16.4 Å². The van der Waals surface area contributed by atoms with Crippen molar-refractivity contribution in [2.75, 3.05) is 24.0 Å². The van der Waals surface area contributed by atoms with Gasteiger partial charge in [0.2, 0.25) is 11.1 Å². The van der Waals surface area contributed by atoms with Crippen molar-refractivity contribution in [3.8, 4) is 28.4 Å². The van der Waals surface area contributed by atoms with Gasteiger partial charge in [-0.3, -0.25) is 9.48 Å². The molecule has 0 atom stereocenters. The average Bonchev–Trinajstić information content (AvgIpc) is 3.35. The van der Waals surface area contributed by atoms with Crippen LogP contribution in [0.1, 0.15) is 0 Å². The van der Waals surface area contributed by atoms with Crippen LogP contribution in [0.5, 0.6) is 5.75 Å². The molecular weight excluding hydrogens is 450 g/mol. The third-order valence-electron chi connectivity index (χ3n) is 4.63. The molecule has 0 unspecified atom stereocenters. The largest absolute Gasteiger partial charge is 0.496 e. The van der Waals surface area contributed by atoms with Gasteiger partial charge in [-0.25, -0.2) is 4.68 Å². The number of aromatic nitrogens is 5. The van der Waals surface area contributed by atoms with Gasteiger partial charge in [-0.15, -0.1) is 10.2 Å². The van der Waals surface area contributed by atoms with Crippen LogP contribution in [0.15, 0.2) is 59.8 Å². The predicted octanol–water partition coefficient (Wildman–Crippen LogP) is 3.45. The highest BCUT2D eigenvalue weighted by molar-refractivity contribution is 7.99. The van der Waals surface area contributed by atoms with Gasteiger partial charge in [0, 0.05) is 23.7 Å². The summed E-state index contributed by atoms with van der Waals surface area (Å²) in [5.41, 5.74) is 2.35. The zero-order valence-corrected chi connectivity index (χ0v) is 18.9. The maximum absolute atomic E-state index is 12.5. The van der Waals surface area contributed by atoms with Crippen molar-refractivity contribution in [2.45, 2.75) is 5.16 Å². The summed E-state index contributed by atoms with van der Waals surface area (Å²) in [6.45, 7) is 0. The molecule has 32 heavy (non-hydrogen) atoms. The number of nitrogens with one attached hydrogen (secondary N) is 1. The third-order valence-corrected chi connectivity index (χ3v) is 5.83. The summed E-state index contributed by atoms with van der Waals surface area (Å²) >= 11 is 7.12. The lowest BCUT2D eigenvalue weighted by Crippen LogP contribution is -2.18. The number of benzene rings is 2. The Morgan fingerprint density at radius 3 is 2.69 bits per heavy atom. The SMILES string of the molecule is COc1ccccc1-c1nnc(SCC(=O)Nc2cc(-c3ccc(Cl)cc3)nn2C)n1N. The molecule has 0 saturated heterocycles. The van der Waals surface area contributed by atoms with Crippen molar-refractivity contribution in [3.63, 3.8) is 0 Å². The summed E-state index contributed by atoms with van der Waals surface area (Å²) in [7, 11) is 3.34. The number of para-hydroxylation sites is 1. The molecule has 0 aliphatic heterocycles. The first kappa shape index (κ1) is 21.7. The van der Waals surface area contributed by atoms with Crippen LogP contribution >= 0.6 is 23.4 Å². The van der Waals surface area contributed by atoms with E-state index in [1.54, 1.807) is 37.0 Å².